The molecule has 2 heterocycles. The lowest BCUT2D eigenvalue weighted by molar-refractivity contribution is 0.256. The molecule has 9 nitrogen and oxygen atoms in total. The van der Waals surface area contributed by atoms with Crippen molar-refractivity contribution in [3.8, 4) is 5.69 Å². The fraction of sp³-hybridized carbons (Fsp3) is 0.200. The van der Waals surface area contributed by atoms with Gasteiger partial charge in [0, 0.05) is 41.4 Å². The quantitative estimate of drug-likeness (QED) is 0.304. The maximum absolute atomic E-state index is 13.4. The van der Waals surface area contributed by atoms with Crippen molar-refractivity contribution in [2.75, 3.05) is 31.8 Å². The number of aromatic nitrogens is 1. The Morgan fingerprint density at radius 2 is 1.78 bits per heavy atom. The molecule has 0 unspecified atom stereocenters. The fourth-order valence-electron chi connectivity index (χ4n) is 3.88. The third-order valence-electron chi connectivity index (χ3n) is 5.55. The van der Waals surface area contributed by atoms with Crippen LogP contribution in [-0.4, -0.2) is 45.1 Å². The van der Waals surface area contributed by atoms with Crippen LogP contribution in [0, 0.1) is 6.92 Å². The monoisotopic (exact) mass is 559 g/mol. The number of aryl methyl sites for hydroxylation is 1. The highest BCUT2D eigenvalue weighted by atomic mass is 35.5. The minimum absolute atomic E-state index is 0.0413. The molecule has 0 bridgehead atoms. The van der Waals surface area contributed by atoms with E-state index in [1.54, 1.807) is 37.4 Å². The average Bonchev–Trinajstić information content (AvgIpc) is 3.27. The van der Waals surface area contributed by atoms with Gasteiger partial charge in [-0.1, -0.05) is 11.6 Å². The highest BCUT2D eigenvalue weighted by molar-refractivity contribution is 7.92. The number of rotatable bonds is 7. The Kier molecular flexibility index (Phi) is 7.60. The number of thiophene rings is 1. The summed E-state index contributed by atoms with van der Waals surface area (Å²) in [7, 11) is 1.72. The maximum Gasteiger partial charge on any atom is 0.333 e. The summed E-state index contributed by atoms with van der Waals surface area (Å²) in [6.07, 6.45) is 1.76. The number of sulfonamides is 1. The summed E-state index contributed by atoms with van der Waals surface area (Å²) in [4.78, 5) is 28.6. The second-order valence-corrected chi connectivity index (χ2v) is 12.3. The molecular weight excluding hydrogens is 534 g/mol. The van der Waals surface area contributed by atoms with Crippen molar-refractivity contribution in [2.45, 2.75) is 17.7 Å². The number of hydrogen-bond donors (Lipinski definition) is 3. The first-order valence-corrected chi connectivity index (χ1v) is 13.9. The van der Waals surface area contributed by atoms with Crippen LogP contribution < -0.4 is 20.9 Å². The Balaban J connectivity index is 1.65. The normalized spacial score (nSPS) is 11.6. The SMILES string of the molecule is CNc1ccc2c(=O)n(-c3ccc(NC(=O)NS(=O)(=O)c4ccc(C)s4)cc3Cl)cc(CN(C)C)c2c1. The maximum atomic E-state index is 13.4. The first-order chi connectivity index (χ1) is 17.5. The van der Waals surface area contributed by atoms with Crippen molar-refractivity contribution in [3.63, 3.8) is 0 Å². The van der Waals surface area contributed by atoms with Crippen LogP contribution >= 0.6 is 22.9 Å². The molecule has 2 aromatic carbocycles. The lowest BCUT2D eigenvalue weighted by atomic mass is 10.1. The second-order valence-electron chi connectivity index (χ2n) is 8.67. The minimum Gasteiger partial charge on any atom is -0.388 e. The van der Waals surface area contributed by atoms with Gasteiger partial charge in [-0.3, -0.25) is 9.36 Å². The van der Waals surface area contributed by atoms with Crippen LogP contribution in [0.5, 0.6) is 0 Å². The smallest absolute Gasteiger partial charge is 0.333 e. The lowest BCUT2D eigenvalue weighted by Gasteiger charge is -2.17. The Morgan fingerprint density at radius 1 is 1.05 bits per heavy atom. The summed E-state index contributed by atoms with van der Waals surface area (Å²) in [6, 6.07) is 12.4. The van der Waals surface area contributed by atoms with Crippen LogP contribution in [0.25, 0.3) is 16.5 Å². The number of amides is 2. The summed E-state index contributed by atoms with van der Waals surface area (Å²) in [5, 5.41) is 7.17. The Bertz CT molecular complexity index is 1660. The highest BCUT2D eigenvalue weighted by Crippen LogP contribution is 2.27. The van der Waals surface area contributed by atoms with Crippen molar-refractivity contribution in [2.24, 2.45) is 0 Å². The van der Waals surface area contributed by atoms with E-state index in [0.29, 0.717) is 17.6 Å². The Morgan fingerprint density at radius 3 is 2.41 bits per heavy atom. The van der Waals surface area contributed by atoms with Crippen molar-refractivity contribution < 1.29 is 13.2 Å². The van der Waals surface area contributed by atoms with E-state index in [-0.39, 0.29) is 20.5 Å². The molecule has 4 rings (SSSR count). The predicted molar refractivity (Wildman–Crippen MR) is 150 cm³/mol. The van der Waals surface area contributed by atoms with Gasteiger partial charge in [-0.15, -0.1) is 11.3 Å². The highest BCUT2D eigenvalue weighted by Gasteiger charge is 2.20. The molecule has 2 amide bonds. The number of pyridine rings is 1. The molecular formula is C25H26ClN5O4S2. The van der Waals surface area contributed by atoms with Gasteiger partial charge in [0.25, 0.3) is 15.6 Å². The zero-order chi connectivity index (χ0) is 26.9. The van der Waals surface area contributed by atoms with E-state index in [2.05, 4.69) is 10.6 Å². The van der Waals surface area contributed by atoms with E-state index in [9.17, 15) is 18.0 Å². The summed E-state index contributed by atoms with van der Waals surface area (Å²) >= 11 is 7.60. The number of nitrogens with zero attached hydrogens (tertiary/aromatic N) is 2. The van der Waals surface area contributed by atoms with Crippen molar-refractivity contribution in [3.05, 3.63) is 80.5 Å². The van der Waals surface area contributed by atoms with Crippen molar-refractivity contribution in [1.29, 1.82) is 0 Å². The number of urea groups is 1. The van der Waals surface area contributed by atoms with Gasteiger partial charge in [-0.2, -0.15) is 0 Å². The van der Waals surface area contributed by atoms with Crippen molar-refractivity contribution in [1.82, 2.24) is 14.2 Å². The number of hydrogen-bond acceptors (Lipinski definition) is 7. The molecule has 3 N–H and O–H groups in total. The largest absolute Gasteiger partial charge is 0.388 e. The average molecular weight is 560 g/mol. The first-order valence-electron chi connectivity index (χ1n) is 11.2. The lowest BCUT2D eigenvalue weighted by Crippen LogP contribution is -2.34. The Hall–Kier alpha value is -3.38. The molecule has 0 saturated carbocycles. The summed E-state index contributed by atoms with van der Waals surface area (Å²) in [5.41, 5.74) is 2.29. The molecule has 12 heteroatoms. The summed E-state index contributed by atoms with van der Waals surface area (Å²) in [6.45, 7) is 2.37. The number of nitrogens with one attached hydrogen (secondary N) is 3. The molecule has 0 aliphatic rings. The van der Waals surface area contributed by atoms with E-state index >= 15 is 0 Å². The van der Waals surface area contributed by atoms with E-state index in [0.717, 1.165) is 32.9 Å². The number of carbonyl (C=O) groups is 1. The van der Waals surface area contributed by atoms with E-state index < -0.39 is 16.1 Å². The summed E-state index contributed by atoms with van der Waals surface area (Å²) in [5.74, 6) is 0. The first kappa shape index (κ1) is 26.7. The Labute approximate surface area is 223 Å². The molecule has 0 spiro atoms. The summed E-state index contributed by atoms with van der Waals surface area (Å²) < 4.78 is 28.3. The van der Waals surface area contributed by atoms with Crippen LogP contribution in [0.1, 0.15) is 10.4 Å². The van der Waals surface area contributed by atoms with Gasteiger partial charge in [-0.25, -0.2) is 17.9 Å². The van der Waals surface area contributed by atoms with Gasteiger partial charge in [0.2, 0.25) is 0 Å². The van der Waals surface area contributed by atoms with Gasteiger partial charge < -0.3 is 15.5 Å². The minimum atomic E-state index is -4.00. The number of benzene rings is 2. The molecule has 0 atom stereocenters. The van der Waals surface area contributed by atoms with Gasteiger partial charge in [-0.05, 0) is 80.5 Å². The van der Waals surface area contributed by atoms with Gasteiger partial charge in [0.1, 0.15) is 4.21 Å². The van der Waals surface area contributed by atoms with Gasteiger partial charge in [0.15, 0.2) is 0 Å². The van der Waals surface area contributed by atoms with Crippen LogP contribution in [-0.2, 0) is 16.6 Å². The molecule has 37 heavy (non-hydrogen) atoms. The van der Waals surface area contributed by atoms with E-state index in [4.69, 9.17) is 11.6 Å². The van der Waals surface area contributed by atoms with Crippen molar-refractivity contribution >= 4 is 61.1 Å². The van der Waals surface area contributed by atoms with Crippen LogP contribution in [0.15, 0.2) is 63.7 Å². The van der Waals surface area contributed by atoms with Crippen LogP contribution in [0.4, 0.5) is 16.2 Å². The third-order valence-corrected chi connectivity index (χ3v) is 8.67. The zero-order valence-corrected chi connectivity index (χ0v) is 23.0. The van der Waals surface area contributed by atoms with Crippen LogP contribution in [0.3, 0.4) is 0 Å². The molecule has 0 radical (unpaired) electrons. The van der Waals surface area contributed by atoms with E-state index in [1.807, 2.05) is 42.9 Å². The van der Waals surface area contributed by atoms with Gasteiger partial charge in [0.05, 0.1) is 10.7 Å². The zero-order valence-electron chi connectivity index (χ0n) is 20.6. The fourth-order valence-corrected chi connectivity index (χ4v) is 6.34. The van der Waals surface area contributed by atoms with Crippen LogP contribution in [0.2, 0.25) is 5.02 Å². The molecule has 0 aliphatic carbocycles. The predicted octanol–water partition coefficient (Wildman–Crippen LogP) is 4.63. The molecule has 2 aromatic heterocycles. The molecule has 4 aromatic rings. The number of halogens is 1. The number of carbonyl (C=O) groups excluding carboxylic acids is 1. The standard InChI is InChI=1S/C25H26ClN5O4S2/c1-15-5-10-23(36-15)37(34,35)29-25(33)28-18-7-9-22(21(26)12-18)31-14-16(13-30(3)4)20-11-17(27-2)6-8-19(20)24(31)32/h5-12,14,27H,13H2,1-4H3,(H2,28,29,33). The third kappa shape index (κ3) is 5.80. The second kappa shape index (κ2) is 10.5. The van der Waals surface area contributed by atoms with Gasteiger partial charge >= 0.3 is 6.03 Å². The number of anilines is 2. The number of fused-ring (bicyclic) bond motifs is 1. The van der Waals surface area contributed by atoms with E-state index in [1.165, 1.54) is 16.7 Å². The molecule has 0 saturated heterocycles. The molecule has 0 fully saturated rings. The topological polar surface area (TPSA) is 113 Å². The molecule has 0 aliphatic heterocycles. The molecule has 194 valence electrons.